The lowest BCUT2D eigenvalue weighted by molar-refractivity contribution is -0.160. The van der Waals surface area contributed by atoms with Crippen LogP contribution in [0.25, 0.3) is 0 Å². The fourth-order valence-electron chi connectivity index (χ4n) is 2.65. The van der Waals surface area contributed by atoms with Crippen LogP contribution in [0.3, 0.4) is 0 Å². The Kier molecular flexibility index (Phi) is 6.96. The smallest absolute Gasteiger partial charge is 0.350 e. The van der Waals surface area contributed by atoms with Gasteiger partial charge < -0.3 is 9.47 Å². The van der Waals surface area contributed by atoms with Crippen LogP contribution in [0.2, 0.25) is 10.0 Å². The lowest BCUT2D eigenvalue weighted by Gasteiger charge is -2.29. The maximum Gasteiger partial charge on any atom is 0.350 e. The van der Waals surface area contributed by atoms with E-state index >= 15 is 0 Å². The minimum absolute atomic E-state index is 0.283. The number of carbonyl (C=O) groups is 1. The second-order valence-electron chi connectivity index (χ2n) is 6.70. The van der Waals surface area contributed by atoms with Gasteiger partial charge in [-0.05, 0) is 55.2 Å². The Labute approximate surface area is 165 Å². The average Bonchev–Trinajstić information content (AvgIpc) is 2.59. The number of benzene rings is 2. The van der Waals surface area contributed by atoms with Crippen molar-refractivity contribution in [1.29, 1.82) is 0 Å². The molecule has 1 unspecified atom stereocenters. The minimum atomic E-state index is -1.17. The van der Waals surface area contributed by atoms with E-state index in [2.05, 4.69) is 13.8 Å². The molecule has 0 N–H and O–H groups in total. The normalized spacial score (nSPS) is 13.3. The molecule has 0 spiro atoms. The summed E-state index contributed by atoms with van der Waals surface area (Å²) in [7, 11) is 0. The molecule has 2 rings (SSSR count). The summed E-state index contributed by atoms with van der Waals surface area (Å²) in [4.78, 5) is 12.6. The van der Waals surface area contributed by atoms with Crippen molar-refractivity contribution in [3.05, 3.63) is 63.6 Å². The van der Waals surface area contributed by atoms with Gasteiger partial charge in [-0.3, -0.25) is 0 Å². The van der Waals surface area contributed by atoms with Gasteiger partial charge in [-0.1, -0.05) is 55.2 Å². The number of carbonyl (C=O) groups excluding carboxylic acids is 1. The Hall–Kier alpha value is -1.71. The molecule has 0 bridgehead atoms. The van der Waals surface area contributed by atoms with E-state index in [1.807, 2.05) is 30.3 Å². The molecule has 0 saturated heterocycles. The zero-order chi connectivity index (χ0) is 19.3. The summed E-state index contributed by atoms with van der Waals surface area (Å²) >= 11 is 12.1. The van der Waals surface area contributed by atoms with Crippen molar-refractivity contribution >= 4 is 29.2 Å². The lowest BCUT2D eigenvalue weighted by atomic mass is 9.96. The first kappa shape index (κ1) is 20.6. The minimum Gasteiger partial charge on any atom is -0.476 e. The van der Waals surface area contributed by atoms with Crippen molar-refractivity contribution in [2.75, 3.05) is 6.61 Å². The maximum atomic E-state index is 12.6. The summed E-state index contributed by atoms with van der Waals surface area (Å²) in [5, 5.41) is 0.912. The van der Waals surface area contributed by atoms with Gasteiger partial charge in [0, 0.05) is 6.42 Å². The highest BCUT2D eigenvalue weighted by Gasteiger charge is 2.38. The molecule has 0 aliphatic heterocycles. The van der Waals surface area contributed by atoms with E-state index in [1.54, 1.807) is 26.0 Å². The Morgan fingerprint density at radius 3 is 2.27 bits per heavy atom. The molecule has 2 aromatic carbocycles. The molecule has 0 aliphatic rings. The molecule has 0 radical (unpaired) electrons. The van der Waals surface area contributed by atoms with Crippen molar-refractivity contribution in [2.45, 2.75) is 45.6 Å². The van der Waals surface area contributed by atoms with Crippen LogP contribution in [0.5, 0.6) is 5.75 Å². The van der Waals surface area contributed by atoms with Crippen LogP contribution in [0, 0.1) is 0 Å². The Morgan fingerprint density at radius 2 is 1.73 bits per heavy atom. The van der Waals surface area contributed by atoms with E-state index in [4.69, 9.17) is 32.7 Å². The van der Waals surface area contributed by atoms with Crippen molar-refractivity contribution in [3.8, 4) is 5.75 Å². The highest BCUT2D eigenvalue weighted by atomic mass is 35.5. The van der Waals surface area contributed by atoms with Gasteiger partial charge >= 0.3 is 5.97 Å². The summed E-state index contributed by atoms with van der Waals surface area (Å²) in [6.07, 6.45) is 0.314. The van der Waals surface area contributed by atoms with Gasteiger partial charge in [-0.15, -0.1) is 0 Å². The van der Waals surface area contributed by atoms with Crippen LogP contribution >= 0.6 is 23.2 Å². The molecule has 2 aromatic rings. The van der Waals surface area contributed by atoms with E-state index in [0.29, 0.717) is 28.1 Å². The second kappa shape index (κ2) is 8.79. The van der Waals surface area contributed by atoms with E-state index in [1.165, 1.54) is 5.56 Å². The van der Waals surface area contributed by atoms with Crippen LogP contribution in [-0.4, -0.2) is 18.2 Å². The van der Waals surface area contributed by atoms with E-state index in [-0.39, 0.29) is 6.61 Å². The van der Waals surface area contributed by atoms with Gasteiger partial charge in [0.15, 0.2) is 0 Å². The molecule has 1 atom stereocenters. The fraction of sp³-hybridized carbons (Fsp3) is 0.381. The van der Waals surface area contributed by atoms with E-state index < -0.39 is 11.6 Å². The quantitative estimate of drug-likeness (QED) is 0.535. The SMILES string of the molecule is CCOC(=O)C(C)(Cc1ccc(Cl)c(Cl)c1)Oc1ccc(C(C)C)cc1. The largest absolute Gasteiger partial charge is 0.476 e. The summed E-state index contributed by atoms with van der Waals surface area (Å²) in [6, 6.07) is 13.0. The summed E-state index contributed by atoms with van der Waals surface area (Å²) in [5.41, 5.74) is 0.875. The number of hydrogen-bond acceptors (Lipinski definition) is 3. The Balaban J connectivity index is 2.28. The molecule has 0 fully saturated rings. The fourth-order valence-corrected chi connectivity index (χ4v) is 2.97. The number of esters is 1. The monoisotopic (exact) mass is 394 g/mol. The molecule has 0 saturated carbocycles. The van der Waals surface area contributed by atoms with Crippen LogP contribution < -0.4 is 4.74 Å². The van der Waals surface area contributed by atoms with Gasteiger partial charge in [-0.2, -0.15) is 0 Å². The molecule has 0 amide bonds. The van der Waals surface area contributed by atoms with Crippen LogP contribution in [-0.2, 0) is 16.0 Å². The van der Waals surface area contributed by atoms with Gasteiger partial charge in [0.05, 0.1) is 16.7 Å². The predicted molar refractivity (Wildman–Crippen MR) is 106 cm³/mol. The molecular weight excluding hydrogens is 371 g/mol. The summed E-state index contributed by atoms with van der Waals surface area (Å²) in [6.45, 7) is 8.04. The molecule has 5 heteroatoms. The molecule has 0 aromatic heterocycles. The zero-order valence-electron chi connectivity index (χ0n) is 15.5. The van der Waals surface area contributed by atoms with Crippen molar-refractivity contribution < 1.29 is 14.3 Å². The standard InChI is InChI=1S/C21H24Cl2O3/c1-5-25-20(24)21(4,13-15-6-11-18(22)19(23)12-15)26-17-9-7-16(8-10-17)14(2)3/h6-12,14H,5,13H2,1-4H3. The highest BCUT2D eigenvalue weighted by molar-refractivity contribution is 6.42. The van der Waals surface area contributed by atoms with Crippen molar-refractivity contribution in [2.24, 2.45) is 0 Å². The van der Waals surface area contributed by atoms with E-state index in [0.717, 1.165) is 5.56 Å². The number of hydrogen-bond donors (Lipinski definition) is 0. The van der Waals surface area contributed by atoms with Gasteiger partial charge in [0.2, 0.25) is 5.60 Å². The van der Waals surface area contributed by atoms with Crippen LogP contribution in [0.1, 0.15) is 44.7 Å². The first-order chi connectivity index (χ1) is 12.2. The number of ether oxygens (including phenoxy) is 2. The summed E-state index contributed by atoms with van der Waals surface area (Å²) < 4.78 is 11.3. The van der Waals surface area contributed by atoms with Crippen molar-refractivity contribution in [3.63, 3.8) is 0 Å². The average molecular weight is 395 g/mol. The van der Waals surface area contributed by atoms with Gasteiger partial charge in [0.1, 0.15) is 5.75 Å². The van der Waals surface area contributed by atoms with Gasteiger partial charge in [-0.25, -0.2) is 4.79 Å². The summed E-state index contributed by atoms with van der Waals surface area (Å²) in [5.74, 6) is 0.626. The third-order valence-electron chi connectivity index (χ3n) is 4.12. The highest BCUT2D eigenvalue weighted by Crippen LogP contribution is 2.29. The van der Waals surface area contributed by atoms with Crippen LogP contribution in [0.4, 0.5) is 0 Å². The molecule has 140 valence electrons. The van der Waals surface area contributed by atoms with Crippen LogP contribution in [0.15, 0.2) is 42.5 Å². The predicted octanol–water partition coefficient (Wildman–Crippen LogP) is 6.06. The third kappa shape index (κ3) is 5.15. The number of rotatable bonds is 7. The first-order valence-corrected chi connectivity index (χ1v) is 9.41. The lowest BCUT2D eigenvalue weighted by Crippen LogP contribution is -2.45. The molecule has 26 heavy (non-hydrogen) atoms. The maximum absolute atomic E-state index is 12.6. The Bertz CT molecular complexity index is 756. The van der Waals surface area contributed by atoms with Crippen molar-refractivity contribution in [1.82, 2.24) is 0 Å². The topological polar surface area (TPSA) is 35.5 Å². The van der Waals surface area contributed by atoms with E-state index in [9.17, 15) is 4.79 Å². The molecular formula is C21H24Cl2O3. The Morgan fingerprint density at radius 1 is 1.08 bits per heavy atom. The zero-order valence-corrected chi connectivity index (χ0v) is 17.0. The third-order valence-corrected chi connectivity index (χ3v) is 4.86. The molecule has 3 nitrogen and oxygen atoms in total. The molecule has 0 aliphatic carbocycles. The molecule has 0 heterocycles. The number of halogens is 2. The first-order valence-electron chi connectivity index (χ1n) is 8.65. The second-order valence-corrected chi connectivity index (χ2v) is 7.52. The van der Waals surface area contributed by atoms with Gasteiger partial charge in [0.25, 0.3) is 0 Å².